The summed E-state index contributed by atoms with van der Waals surface area (Å²) in [5.74, 6) is -1.39. The van der Waals surface area contributed by atoms with E-state index in [1.807, 2.05) is 24.3 Å². The molecule has 4 heteroatoms. The van der Waals surface area contributed by atoms with Gasteiger partial charge < -0.3 is 10.2 Å². The number of aromatic hydroxyl groups is 2. The molecular formula is C20H12O4. The molecule has 0 spiro atoms. The second-order valence-corrected chi connectivity index (χ2v) is 6.32. The first-order valence-electron chi connectivity index (χ1n) is 7.74. The fourth-order valence-electron chi connectivity index (χ4n) is 4.34. The number of benzene rings is 2. The molecule has 4 nitrogen and oxygen atoms in total. The number of phenolic OH excluding ortho intramolecular Hbond substituents is 2. The minimum absolute atomic E-state index is 0.0121. The summed E-state index contributed by atoms with van der Waals surface area (Å²) in [4.78, 5) is 25.1. The molecule has 0 heterocycles. The van der Waals surface area contributed by atoms with E-state index in [0.29, 0.717) is 22.3 Å². The van der Waals surface area contributed by atoms with Crippen LogP contribution in [-0.4, -0.2) is 21.8 Å². The smallest absolute Gasteiger partial charge is 0.183 e. The van der Waals surface area contributed by atoms with Gasteiger partial charge in [-0.2, -0.15) is 0 Å². The molecule has 116 valence electrons. The fraction of sp³-hybridized carbons (Fsp3) is 0.100. The Morgan fingerprint density at radius 1 is 0.833 bits per heavy atom. The Morgan fingerprint density at radius 3 is 2.42 bits per heavy atom. The van der Waals surface area contributed by atoms with Gasteiger partial charge >= 0.3 is 0 Å². The molecule has 2 bridgehead atoms. The molecule has 0 saturated carbocycles. The largest absolute Gasteiger partial charge is 0.508 e. The van der Waals surface area contributed by atoms with Gasteiger partial charge in [0.2, 0.25) is 0 Å². The molecule has 0 fully saturated rings. The van der Waals surface area contributed by atoms with Crippen LogP contribution < -0.4 is 0 Å². The Balaban J connectivity index is 2.01. The van der Waals surface area contributed by atoms with Gasteiger partial charge in [-0.05, 0) is 35.4 Å². The Labute approximate surface area is 137 Å². The molecule has 2 aromatic rings. The topological polar surface area (TPSA) is 74.6 Å². The lowest BCUT2D eigenvalue weighted by Gasteiger charge is -2.43. The third-order valence-corrected chi connectivity index (χ3v) is 5.21. The first-order valence-corrected chi connectivity index (χ1v) is 7.74. The number of phenols is 2. The number of ketones is 2. The third-order valence-electron chi connectivity index (χ3n) is 5.21. The number of carbonyl (C=O) groups excluding carboxylic acids is 2. The van der Waals surface area contributed by atoms with Crippen LogP contribution in [0.25, 0.3) is 5.57 Å². The molecule has 6 rings (SSSR count). The highest BCUT2D eigenvalue weighted by Gasteiger charge is 2.50. The highest BCUT2D eigenvalue weighted by molar-refractivity contribution is 6.23. The number of allylic oxidation sites excluding steroid dienone is 3. The van der Waals surface area contributed by atoms with Crippen LogP contribution in [0.15, 0.2) is 54.1 Å². The van der Waals surface area contributed by atoms with E-state index in [2.05, 4.69) is 0 Å². The van der Waals surface area contributed by atoms with Crippen LogP contribution in [0.4, 0.5) is 0 Å². The molecule has 2 N–H and O–H groups in total. The normalized spacial score (nSPS) is 23.2. The van der Waals surface area contributed by atoms with Crippen molar-refractivity contribution < 1.29 is 19.8 Å². The van der Waals surface area contributed by atoms with E-state index >= 15 is 0 Å². The molecule has 0 aliphatic heterocycles. The number of hydrogen-bond acceptors (Lipinski definition) is 4. The molecule has 2 unspecified atom stereocenters. The summed E-state index contributed by atoms with van der Waals surface area (Å²) >= 11 is 0. The first-order chi connectivity index (χ1) is 11.6. The van der Waals surface area contributed by atoms with E-state index in [0.717, 1.165) is 11.1 Å². The van der Waals surface area contributed by atoms with E-state index in [1.165, 1.54) is 24.3 Å². The van der Waals surface area contributed by atoms with Crippen LogP contribution in [0, 0.1) is 5.92 Å². The lowest BCUT2D eigenvalue weighted by Crippen LogP contribution is -2.38. The van der Waals surface area contributed by atoms with Crippen LogP contribution in [0.2, 0.25) is 0 Å². The maximum absolute atomic E-state index is 12.6. The molecule has 2 atom stereocenters. The average molecular weight is 316 g/mol. The zero-order valence-corrected chi connectivity index (χ0v) is 12.5. The second-order valence-electron chi connectivity index (χ2n) is 6.32. The van der Waals surface area contributed by atoms with Crippen LogP contribution in [0.5, 0.6) is 11.5 Å². The zero-order valence-electron chi connectivity index (χ0n) is 12.5. The molecule has 24 heavy (non-hydrogen) atoms. The van der Waals surface area contributed by atoms with E-state index < -0.39 is 11.8 Å². The van der Waals surface area contributed by atoms with Crippen molar-refractivity contribution in [3.63, 3.8) is 0 Å². The minimum Gasteiger partial charge on any atom is -0.508 e. The van der Waals surface area contributed by atoms with Gasteiger partial charge in [-0.25, -0.2) is 0 Å². The summed E-state index contributed by atoms with van der Waals surface area (Å²) in [5.41, 5.74) is 3.77. The van der Waals surface area contributed by atoms with Gasteiger partial charge in [0.25, 0.3) is 0 Å². The predicted octanol–water partition coefficient (Wildman–Crippen LogP) is 2.68. The van der Waals surface area contributed by atoms with Gasteiger partial charge in [-0.15, -0.1) is 0 Å². The summed E-state index contributed by atoms with van der Waals surface area (Å²) in [7, 11) is 0. The van der Waals surface area contributed by atoms with Gasteiger partial charge in [0, 0.05) is 28.2 Å². The predicted molar refractivity (Wildman–Crippen MR) is 86.7 cm³/mol. The lowest BCUT2D eigenvalue weighted by atomic mass is 9.58. The molecule has 0 saturated heterocycles. The molecule has 0 radical (unpaired) electrons. The van der Waals surface area contributed by atoms with Gasteiger partial charge in [-0.1, -0.05) is 24.3 Å². The average Bonchev–Trinajstić information content (AvgIpc) is 2.60. The fourth-order valence-corrected chi connectivity index (χ4v) is 4.34. The Morgan fingerprint density at radius 2 is 1.58 bits per heavy atom. The molecule has 4 aliphatic rings. The summed E-state index contributed by atoms with van der Waals surface area (Å²) in [5, 5.41) is 20.8. The Kier molecular flexibility index (Phi) is 2.35. The molecule has 2 aromatic carbocycles. The van der Waals surface area contributed by atoms with Crippen LogP contribution in [0.3, 0.4) is 0 Å². The van der Waals surface area contributed by atoms with Crippen molar-refractivity contribution in [3.05, 3.63) is 76.4 Å². The number of hydrogen-bond donors (Lipinski definition) is 2. The Hall–Kier alpha value is -3.14. The van der Waals surface area contributed by atoms with Crippen molar-refractivity contribution in [2.24, 2.45) is 5.92 Å². The van der Waals surface area contributed by atoms with Crippen molar-refractivity contribution >= 4 is 17.1 Å². The molecule has 4 aliphatic carbocycles. The Bertz CT molecular complexity index is 1030. The van der Waals surface area contributed by atoms with Crippen molar-refractivity contribution in [3.8, 4) is 11.5 Å². The minimum atomic E-state index is -0.632. The summed E-state index contributed by atoms with van der Waals surface area (Å²) in [6, 6.07) is 10.4. The standard InChI is InChI=1S/C20H12O4/c21-11-5-7-13(23)19-16-10-4-2-1-3-9(10)15(17(11)19)18-12(22)6-8-14(24)20(16)18/h1-8,15,17,22,24H. The van der Waals surface area contributed by atoms with Crippen molar-refractivity contribution in [1.29, 1.82) is 0 Å². The molecular weight excluding hydrogens is 304 g/mol. The van der Waals surface area contributed by atoms with Gasteiger partial charge in [0.1, 0.15) is 11.5 Å². The maximum Gasteiger partial charge on any atom is 0.183 e. The van der Waals surface area contributed by atoms with Gasteiger partial charge in [0.05, 0.1) is 5.92 Å². The second kappa shape index (κ2) is 4.23. The summed E-state index contributed by atoms with van der Waals surface area (Å²) < 4.78 is 0. The van der Waals surface area contributed by atoms with Crippen LogP contribution >= 0.6 is 0 Å². The summed E-state index contributed by atoms with van der Waals surface area (Å²) in [6.45, 7) is 0. The monoisotopic (exact) mass is 316 g/mol. The van der Waals surface area contributed by atoms with Crippen molar-refractivity contribution in [1.82, 2.24) is 0 Å². The number of carbonyl (C=O) groups is 2. The zero-order chi connectivity index (χ0) is 16.6. The van der Waals surface area contributed by atoms with Crippen LogP contribution in [0.1, 0.15) is 28.2 Å². The maximum atomic E-state index is 12.6. The quantitative estimate of drug-likeness (QED) is 0.733. The van der Waals surface area contributed by atoms with Crippen LogP contribution in [-0.2, 0) is 9.59 Å². The van der Waals surface area contributed by atoms with E-state index in [1.54, 1.807) is 0 Å². The van der Waals surface area contributed by atoms with Gasteiger partial charge in [0.15, 0.2) is 11.6 Å². The number of rotatable bonds is 0. The van der Waals surface area contributed by atoms with Crippen molar-refractivity contribution in [2.75, 3.05) is 0 Å². The molecule has 0 amide bonds. The van der Waals surface area contributed by atoms with Gasteiger partial charge in [-0.3, -0.25) is 9.59 Å². The van der Waals surface area contributed by atoms with Crippen molar-refractivity contribution in [2.45, 2.75) is 5.92 Å². The highest BCUT2D eigenvalue weighted by atomic mass is 16.3. The van der Waals surface area contributed by atoms with E-state index in [9.17, 15) is 19.8 Å². The first kappa shape index (κ1) is 13.3. The molecule has 0 aromatic heterocycles. The summed E-state index contributed by atoms with van der Waals surface area (Å²) in [6.07, 6.45) is 2.61. The SMILES string of the molecule is O=C1C=CC(=O)C2C1=C1c3ccccc3C2c2c(O)ccc(O)c21. The highest BCUT2D eigenvalue weighted by Crippen LogP contribution is 2.60. The van der Waals surface area contributed by atoms with E-state index in [-0.39, 0.29) is 23.1 Å². The third kappa shape index (κ3) is 1.39. The van der Waals surface area contributed by atoms with E-state index in [4.69, 9.17) is 0 Å². The lowest BCUT2D eigenvalue weighted by molar-refractivity contribution is -0.121.